The average Bonchev–Trinajstić information content (AvgIpc) is 3.38. The second kappa shape index (κ2) is 14.1. The number of aromatic nitrogens is 1. The lowest BCUT2D eigenvalue weighted by molar-refractivity contribution is -0.384. The summed E-state index contributed by atoms with van der Waals surface area (Å²) >= 11 is 1.16. The fourth-order valence-corrected chi connectivity index (χ4v) is 5.92. The molecule has 0 saturated carbocycles. The highest BCUT2D eigenvalue weighted by molar-refractivity contribution is 7.07. The monoisotopic (exact) mass is 645 g/mol. The molecule has 1 aliphatic rings. The van der Waals surface area contributed by atoms with Crippen molar-refractivity contribution in [3.8, 4) is 23.0 Å². The van der Waals surface area contributed by atoms with Gasteiger partial charge in [-0.05, 0) is 61.4 Å². The number of carbonyl (C=O) groups is 1. The number of ether oxygens (including phenoxy) is 5. The lowest BCUT2D eigenvalue weighted by Gasteiger charge is -2.23. The highest BCUT2D eigenvalue weighted by Crippen LogP contribution is 2.35. The number of thiazole rings is 1. The molecule has 4 aromatic rings. The first kappa shape index (κ1) is 32.0. The molecule has 0 spiro atoms. The van der Waals surface area contributed by atoms with E-state index in [9.17, 15) is 19.7 Å². The Morgan fingerprint density at radius 1 is 1.00 bits per heavy atom. The number of para-hydroxylation sites is 1. The van der Waals surface area contributed by atoms with E-state index in [0.29, 0.717) is 62.2 Å². The zero-order chi connectivity index (χ0) is 32.8. The van der Waals surface area contributed by atoms with Gasteiger partial charge in [0.05, 0.1) is 48.5 Å². The molecular weight excluding hydrogens is 614 g/mol. The molecule has 0 bridgehead atoms. The van der Waals surface area contributed by atoms with Crippen LogP contribution in [0.3, 0.4) is 0 Å². The van der Waals surface area contributed by atoms with Gasteiger partial charge in [0.1, 0.15) is 6.61 Å². The van der Waals surface area contributed by atoms with E-state index < -0.39 is 16.9 Å². The van der Waals surface area contributed by atoms with E-state index in [-0.39, 0.29) is 23.4 Å². The topological polar surface area (TPSA) is 141 Å². The molecule has 0 radical (unpaired) electrons. The van der Waals surface area contributed by atoms with Crippen LogP contribution >= 0.6 is 11.3 Å². The molecule has 0 N–H and O–H groups in total. The van der Waals surface area contributed by atoms with E-state index in [1.54, 1.807) is 54.6 Å². The molecule has 3 aromatic carbocycles. The third kappa shape index (κ3) is 6.49. The summed E-state index contributed by atoms with van der Waals surface area (Å²) in [5, 5.41) is 11.0. The molecule has 12 nitrogen and oxygen atoms in total. The number of methoxy groups -OCH3 is 2. The summed E-state index contributed by atoms with van der Waals surface area (Å²) in [6.07, 6.45) is 3.10. The van der Waals surface area contributed by atoms with Gasteiger partial charge in [-0.1, -0.05) is 29.5 Å². The highest BCUT2D eigenvalue weighted by atomic mass is 32.1. The zero-order valence-electron chi connectivity index (χ0n) is 25.6. The van der Waals surface area contributed by atoms with Gasteiger partial charge in [0.25, 0.3) is 11.2 Å². The minimum atomic E-state index is -0.844. The SMILES string of the molecule is CCOc1ccc([C@@H]2C(C(=O)OC)=CN=c3s/c(=C/c4cccc(OC)c4OCc4ccc([N+](=O)[O-])cc4)c(=O)n32)cc1OCC. The molecule has 1 atom stereocenters. The van der Waals surface area contributed by atoms with Crippen LogP contribution in [0.15, 0.2) is 82.2 Å². The molecule has 2 heterocycles. The quantitative estimate of drug-likeness (QED) is 0.125. The molecule has 238 valence electrons. The number of carbonyl (C=O) groups excluding carboxylic acids is 1. The first-order valence-electron chi connectivity index (χ1n) is 14.3. The summed E-state index contributed by atoms with van der Waals surface area (Å²) in [7, 11) is 2.78. The van der Waals surface area contributed by atoms with Crippen LogP contribution in [0.2, 0.25) is 0 Å². The Morgan fingerprint density at radius 2 is 1.74 bits per heavy atom. The number of benzene rings is 3. The van der Waals surface area contributed by atoms with Crippen LogP contribution in [0.25, 0.3) is 6.08 Å². The molecule has 0 unspecified atom stereocenters. The van der Waals surface area contributed by atoms with Crippen LogP contribution in [0.1, 0.15) is 36.6 Å². The number of nitro groups is 1. The smallest absolute Gasteiger partial charge is 0.337 e. The average molecular weight is 646 g/mol. The molecule has 0 amide bonds. The van der Waals surface area contributed by atoms with Gasteiger partial charge in [-0.2, -0.15) is 0 Å². The number of fused-ring (bicyclic) bond motifs is 1. The molecule has 1 aromatic heterocycles. The van der Waals surface area contributed by atoms with Crippen LogP contribution in [0, 0.1) is 10.1 Å². The summed E-state index contributed by atoms with van der Waals surface area (Å²) in [6, 6.07) is 15.8. The van der Waals surface area contributed by atoms with E-state index >= 15 is 0 Å². The van der Waals surface area contributed by atoms with Crippen molar-refractivity contribution in [2.24, 2.45) is 4.99 Å². The molecule has 46 heavy (non-hydrogen) atoms. The summed E-state index contributed by atoms with van der Waals surface area (Å²) < 4.78 is 30.1. The van der Waals surface area contributed by atoms with Crippen LogP contribution in [0.5, 0.6) is 23.0 Å². The van der Waals surface area contributed by atoms with Gasteiger partial charge in [0.2, 0.25) is 0 Å². The van der Waals surface area contributed by atoms with Gasteiger partial charge in [-0.3, -0.25) is 19.5 Å². The molecule has 0 saturated heterocycles. The van der Waals surface area contributed by atoms with Crippen LogP contribution in [-0.4, -0.2) is 42.9 Å². The number of rotatable bonds is 12. The van der Waals surface area contributed by atoms with Crippen molar-refractivity contribution in [3.05, 3.63) is 119 Å². The normalized spacial score (nSPS) is 14.0. The standard InChI is InChI=1S/C33H31N3O9S/c1-5-43-25-15-12-21(16-27(25)44-6-2)29-24(32(38)42-4)18-34-33-35(29)31(37)28(46-33)17-22-8-7-9-26(41-3)30(22)45-19-20-10-13-23(14-11-20)36(39)40/h7-18,29H,5-6,19H2,1-4H3/b28-17+/t29-/m1/s1. The molecule has 1 aliphatic heterocycles. The van der Waals surface area contributed by atoms with Crippen LogP contribution < -0.4 is 33.8 Å². The number of hydrogen-bond acceptors (Lipinski definition) is 11. The largest absolute Gasteiger partial charge is 0.493 e. The van der Waals surface area contributed by atoms with E-state index in [1.807, 2.05) is 13.8 Å². The second-order valence-corrected chi connectivity index (χ2v) is 10.8. The lowest BCUT2D eigenvalue weighted by atomic mass is 9.97. The Labute approximate surface area is 267 Å². The maximum atomic E-state index is 14.1. The van der Waals surface area contributed by atoms with Gasteiger partial charge in [0.15, 0.2) is 27.8 Å². The first-order valence-corrected chi connectivity index (χ1v) is 15.1. The maximum Gasteiger partial charge on any atom is 0.337 e. The summed E-state index contributed by atoms with van der Waals surface area (Å²) in [5.41, 5.74) is 1.67. The number of nitrogens with zero attached hydrogens (tertiary/aromatic N) is 3. The van der Waals surface area contributed by atoms with Gasteiger partial charge in [-0.15, -0.1) is 0 Å². The Hall–Kier alpha value is -5.43. The summed E-state index contributed by atoms with van der Waals surface area (Å²) in [4.78, 5) is 42.4. The molecule has 0 fully saturated rings. The number of esters is 1. The lowest BCUT2D eigenvalue weighted by Crippen LogP contribution is -2.39. The van der Waals surface area contributed by atoms with Gasteiger partial charge < -0.3 is 23.7 Å². The van der Waals surface area contributed by atoms with Crippen molar-refractivity contribution in [2.75, 3.05) is 27.4 Å². The van der Waals surface area contributed by atoms with Crippen molar-refractivity contribution in [1.82, 2.24) is 4.57 Å². The van der Waals surface area contributed by atoms with Crippen LogP contribution in [-0.2, 0) is 16.1 Å². The summed E-state index contributed by atoms with van der Waals surface area (Å²) in [5.74, 6) is 1.23. The number of hydrogen-bond donors (Lipinski definition) is 0. The Kier molecular flexibility index (Phi) is 9.82. The molecular formula is C33H31N3O9S. The predicted molar refractivity (Wildman–Crippen MR) is 170 cm³/mol. The van der Waals surface area contributed by atoms with Crippen molar-refractivity contribution in [1.29, 1.82) is 0 Å². The van der Waals surface area contributed by atoms with Crippen molar-refractivity contribution >= 4 is 29.1 Å². The fraction of sp³-hybridized carbons (Fsp3) is 0.242. The van der Waals surface area contributed by atoms with Crippen molar-refractivity contribution in [2.45, 2.75) is 26.5 Å². The third-order valence-electron chi connectivity index (χ3n) is 7.05. The van der Waals surface area contributed by atoms with Gasteiger partial charge in [-0.25, -0.2) is 9.79 Å². The molecule has 13 heteroatoms. The van der Waals surface area contributed by atoms with Crippen molar-refractivity contribution in [3.63, 3.8) is 0 Å². The number of non-ortho nitro benzene ring substituents is 1. The van der Waals surface area contributed by atoms with Crippen LogP contribution in [0.4, 0.5) is 5.69 Å². The Balaban J connectivity index is 1.59. The predicted octanol–water partition coefficient (Wildman–Crippen LogP) is 4.31. The fourth-order valence-electron chi connectivity index (χ4n) is 4.96. The highest BCUT2D eigenvalue weighted by Gasteiger charge is 2.31. The van der Waals surface area contributed by atoms with E-state index in [2.05, 4.69) is 4.99 Å². The third-order valence-corrected chi connectivity index (χ3v) is 8.05. The van der Waals surface area contributed by atoms with E-state index in [0.717, 1.165) is 11.3 Å². The first-order chi connectivity index (χ1) is 22.3. The van der Waals surface area contributed by atoms with E-state index in [4.69, 9.17) is 23.7 Å². The Morgan fingerprint density at radius 3 is 2.41 bits per heavy atom. The van der Waals surface area contributed by atoms with E-state index in [1.165, 1.54) is 37.1 Å². The van der Waals surface area contributed by atoms with Gasteiger partial charge in [0, 0.05) is 23.9 Å². The second-order valence-electron chi connectivity index (χ2n) is 9.84. The minimum absolute atomic E-state index is 0.0230. The summed E-state index contributed by atoms with van der Waals surface area (Å²) in [6.45, 7) is 4.65. The zero-order valence-corrected chi connectivity index (χ0v) is 26.4. The minimum Gasteiger partial charge on any atom is -0.493 e. The maximum absolute atomic E-state index is 14.1. The van der Waals surface area contributed by atoms with Gasteiger partial charge >= 0.3 is 5.97 Å². The molecule has 5 rings (SSSR count). The van der Waals surface area contributed by atoms with Crippen molar-refractivity contribution < 1.29 is 33.4 Å². The molecule has 0 aliphatic carbocycles. The Bertz CT molecular complexity index is 1980. The number of nitro benzene ring substituents is 1.